The van der Waals surface area contributed by atoms with Gasteiger partial charge in [-0.3, -0.25) is 0 Å². The third-order valence-electron chi connectivity index (χ3n) is 4.18. The Morgan fingerprint density at radius 2 is 1.00 bits per heavy atom. The summed E-state index contributed by atoms with van der Waals surface area (Å²) in [7, 11) is 0. The van der Waals surface area contributed by atoms with E-state index in [-0.39, 0.29) is 0 Å². The van der Waals surface area contributed by atoms with Crippen LogP contribution in [-0.4, -0.2) is 0 Å². The molecule has 0 N–H and O–H groups in total. The van der Waals surface area contributed by atoms with E-state index in [4.69, 9.17) is 4.42 Å². The Balaban J connectivity index is 2.07. The van der Waals surface area contributed by atoms with Gasteiger partial charge in [0.1, 0.15) is 11.2 Å². The Bertz CT molecular complexity index is 840. The fourth-order valence-corrected chi connectivity index (χ4v) is 3.09. The zero-order chi connectivity index (χ0) is 14.4. The monoisotopic (exact) mass is 272 g/mol. The number of rotatable bonds is 2. The first-order valence-corrected chi connectivity index (χ1v) is 7.22. The van der Waals surface area contributed by atoms with Gasteiger partial charge in [0.2, 0.25) is 0 Å². The number of furan rings is 2. The van der Waals surface area contributed by atoms with Crippen LogP contribution in [0.15, 0.2) is 65.1 Å². The minimum atomic E-state index is 0.970. The Labute approximate surface area is 124 Å². The maximum absolute atomic E-state index is 5.96. The molecule has 0 amide bonds. The van der Waals surface area contributed by atoms with Crippen molar-refractivity contribution in [2.75, 3.05) is 0 Å². The summed E-state index contributed by atoms with van der Waals surface area (Å²) in [5.74, 6) is 0. The highest BCUT2D eigenvalue weighted by Crippen LogP contribution is 2.44. The normalized spacial score (nSPS) is 11.3. The molecule has 0 fully saturated rings. The fraction of sp³-hybridized carbons (Fsp3) is 0.100. The molecule has 102 valence electrons. The Hall–Kier alpha value is -2.54. The largest absolute Gasteiger partial charge is 0.456 e. The van der Waals surface area contributed by atoms with E-state index in [0.29, 0.717) is 0 Å². The lowest BCUT2D eigenvalue weighted by atomic mass is 9.90. The zero-order valence-corrected chi connectivity index (χ0v) is 12.2. The molecule has 21 heavy (non-hydrogen) atoms. The molecule has 0 radical (unpaired) electrons. The molecule has 0 saturated heterocycles. The minimum absolute atomic E-state index is 0.970. The van der Waals surface area contributed by atoms with Gasteiger partial charge in [-0.15, -0.1) is 0 Å². The van der Waals surface area contributed by atoms with Gasteiger partial charge in [0.05, 0.1) is 0 Å². The van der Waals surface area contributed by atoms with E-state index in [2.05, 4.69) is 74.5 Å². The summed E-state index contributed by atoms with van der Waals surface area (Å²) in [6, 6.07) is 21.1. The van der Waals surface area contributed by atoms with Gasteiger partial charge >= 0.3 is 0 Å². The van der Waals surface area contributed by atoms with Crippen LogP contribution in [0, 0.1) is 13.8 Å². The van der Waals surface area contributed by atoms with E-state index >= 15 is 0 Å². The van der Waals surface area contributed by atoms with Crippen molar-refractivity contribution in [2.45, 2.75) is 13.8 Å². The molecule has 2 heterocycles. The molecule has 0 atom stereocenters. The van der Waals surface area contributed by atoms with Gasteiger partial charge in [0.25, 0.3) is 0 Å². The first-order chi connectivity index (χ1) is 10.3. The van der Waals surface area contributed by atoms with Crippen LogP contribution in [0.5, 0.6) is 0 Å². The summed E-state index contributed by atoms with van der Waals surface area (Å²) >= 11 is 0. The zero-order valence-electron chi connectivity index (χ0n) is 12.2. The lowest BCUT2D eigenvalue weighted by Crippen LogP contribution is -1.88. The fourth-order valence-electron chi connectivity index (χ4n) is 3.09. The highest BCUT2D eigenvalue weighted by Gasteiger charge is 2.21. The summed E-state index contributed by atoms with van der Waals surface area (Å²) < 4.78 is 5.96. The standard InChI is InChI=1S/C20H16O/c1-13-7-3-5-9-15(13)19-17-11-12-18(21-17)20(19)16-10-6-4-8-14(16)2/h3-12H,1-2H3. The molecule has 0 aliphatic heterocycles. The molecule has 0 spiro atoms. The van der Waals surface area contributed by atoms with E-state index in [0.717, 1.165) is 11.2 Å². The van der Waals surface area contributed by atoms with E-state index < -0.39 is 0 Å². The second-order valence-corrected chi connectivity index (χ2v) is 5.54. The maximum atomic E-state index is 5.96. The van der Waals surface area contributed by atoms with Crippen LogP contribution >= 0.6 is 0 Å². The van der Waals surface area contributed by atoms with Crippen LogP contribution < -0.4 is 0 Å². The molecule has 0 aliphatic rings. The third-order valence-corrected chi connectivity index (χ3v) is 4.18. The highest BCUT2D eigenvalue weighted by molar-refractivity contribution is 6.03. The summed E-state index contributed by atoms with van der Waals surface area (Å²) in [6.45, 7) is 4.30. The lowest BCUT2D eigenvalue weighted by molar-refractivity contribution is 0.676. The van der Waals surface area contributed by atoms with Crippen molar-refractivity contribution in [3.05, 3.63) is 71.8 Å². The number of aryl methyl sites for hydroxylation is 2. The topological polar surface area (TPSA) is 13.1 Å². The van der Waals surface area contributed by atoms with Gasteiger partial charge in [0, 0.05) is 11.1 Å². The van der Waals surface area contributed by atoms with Crippen LogP contribution in [0.25, 0.3) is 33.4 Å². The maximum Gasteiger partial charge on any atom is 0.136 e. The minimum Gasteiger partial charge on any atom is -0.456 e. The predicted octanol–water partition coefficient (Wildman–Crippen LogP) is 5.82. The molecule has 0 saturated carbocycles. The van der Waals surface area contributed by atoms with Crippen molar-refractivity contribution in [3.63, 3.8) is 0 Å². The highest BCUT2D eigenvalue weighted by atomic mass is 16.3. The Kier molecular flexibility index (Phi) is 2.61. The first kappa shape index (κ1) is 12.2. The molecule has 0 unspecified atom stereocenters. The smallest absolute Gasteiger partial charge is 0.136 e. The molecule has 4 rings (SSSR count). The molecular weight excluding hydrogens is 256 g/mol. The van der Waals surface area contributed by atoms with Crippen LogP contribution in [-0.2, 0) is 0 Å². The number of fused-ring (bicyclic) bond motifs is 2. The van der Waals surface area contributed by atoms with E-state index in [1.165, 1.54) is 33.4 Å². The van der Waals surface area contributed by atoms with Crippen molar-refractivity contribution >= 4 is 11.2 Å². The Morgan fingerprint density at radius 3 is 1.43 bits per heavy atom. The van der Waals surface area contributed by atoms with Gasteiger partial charge in [-0.05, 0) is 48.2 Å². The van der Waals surface area contributed by atoms with Crippen molar-refractivity contribution in [1.82, 2.24) is 0 Å². The SMILES string of the molecule is Cc1ccccc1-c1c(-c2ccccc2C)c2ccc1o2. The molecule has 2 bridgehead atoms. The number of benzene rings is 3. The molecule has 2 aromatic carbocycles. The first-order valence-electron chi connectivity index (χ1n) is 7.22. The second kappa shape index (κ2) is 4.49. The molecular formula is C20H16O. The molecule has 0 aliphatic carbocycles. The summed E-state index contributed by atoms with van der Waals surface area (Å²) in [5.41, 5.74) is 9.44. The van der Waals surface area contributed by atoms with E-state index in [1.807, 2.05) is 0 Å². The van der Waals surface area contributed by atoms with Crippen molar-refractivity contribution in [1.29, 1.82) is 0 Å². The van der Waals surface area contributed by atoms with Gasteiger partial charge in [-0.1, -0.05) is 48.5 Å². The van der Waals surface area contributed by atoms with Crippen molar-refractivity contribution < 1.29 is 4.42 Å². The quantitative estimate of drug-likeness (QED) is 0.448. The van der Waals surface area contributed by atoms with Gasteiger partial charge < -0.3 is 4.42 Å². The summed E-state index contributed by atoms with van der Waals surface area (Å²) in [6.07, 6.45) is 0. The molecule has 4 aromatic rings. The summed E-state index contributed by atoms with van der Waals surface area (Å²) in [5, 5.41) is 0. The second-order valence-electron chi connectivity index (χ2n) is 5.54. The average molecular weight is 272 g/mol. The molecule has 1 nitrogen and oxygen atoms in total. The molecule has 1 heteroatoms. The lowest BCUT2D eigenvalue weighted by Gasteiger charge is -2.10. The van der Waals surface area contributed by atoms with Crippen LogP contribution in [0.2, 0.25) is 0 Å². The summed E-state index contributed by atoms with van der Waals surface area (Å²) in [4.78, 5) is 0. The molecule has 2 aromatic heterocycles. The van der Waals surface area contributed by atoms with E-state index in [9.17, 15) is 0 Å². The van der Waals surface area contributed by atoms with Crippen molar-refractivity contribution in [2.24, 2.45) is 0 Å². The van der Waals surface area contributed by atoms with Gasteiger partial charge in [0.15, 0.2) is 0 Å². The number of hydrogen-bond acceptors (Lipinski definition) is 1. The van der Waals surface area contributed by atoms with Crippen LogP contribution in [0.1, 0.15) is 11.1 Å². The third kappa shape index (κ3) is 1.78. The van der Waals surface area contributed by atoms with Gasteiger partial charge in [-0.2, -0.15) is 0 Å². The van der Waals surface area contributed by atoms with Gasteiger partial charge in [-0.25, -0.2) is 0 Å². The number of hydrogen-bond donors (Lipinski definition) is 0. The van der Waals surface area contributed by atoms with Crippen LogP contribution in [0.4, 0.5) is 0 Å². The Morgan fingerprint density at radius 1 is 0.571 bits per heavy atom. The predicted molar refractivity (Wildman–Crippen MR) is 87.7 cm³/mol. The van der Waals surface area contributed by atoms with Crippen molar-refractivity contribution in [3.8, 4) is 22.3 Å². The average Bonchev–Trinajstić information content (AvgIpc) is 3.09. The van der Waals surface area contributed by atoms with Crippen LogP contribution in [0.3, 0.4) is 0 Å². The van der Waals surface area contributed by atoms with E-state index in [1.54, 1.807) is 0 Å².